The number of aromatic nitrogens is 3. The van der Waals surface area contributed by atoms with Crippen LogP contribution in [-0.2, 0) is 11.8 Å². The molecule has 0 aliphatic rings. The van der Waals surface area contributed by atoms with Crippen molar-refractivity contribution in [1.29, 1.82) is 0 Å². The maximum absolute atomic E-state index is 5.80. The van der Waals surface area contributed by atoms with E-state index in [2.05, 4.69) is 15.5 Å². The summed E-state index contributed by atoms with van der Waals surface area (Å²) in [4.78, 5) is 0. The van der Waals surface area contributed by atoms with Crippen LogP contribution < -0.4 is 11.1 Å². The fourth-order valence-electron chi connectivity index (χ4n) is 1.14. The van der Waals surface area contributed by atoms with Gasteiger partial charge in [0.15, 0.2) is 5.82 Å². The quantitative estimate of drug-likeness (QED) is 0.661. The molecule has 0 amide bonds. The molecule has 0 aliphatic heterocycles. The lowest BCUT2D eigenvalue weighted by molar-refractivity contribution is 0.177. The molecular formula is C7H15N5O. The fraction of sp³-hybridized carbons (Fsp3) is 0.714. The van der Waals surface area contributed by atoms with Gasteiger partial charge in [0, 0.05) is 21.2 Å². The molecule has 6 nitrogen and oxygen atoms in total. The van der Waals surface area contributed by atoms with E-state index in [0.29, 0.717) is 18.4 Å². The van der Waals surface area contributed by atoms with Crippen LogP contribution in [0.15, 0.2) is 0 Å². The van der Waals surface area contributed by atoms with Crippen LogP contribution in [0, 0.1) is 0 Å². The van der Waals surface area contributed by atoms with Gasteiger partial charge < -0.3 is 15.8 Å². The number of hydrogen-bond donors (Lipinski definition) is 2. The van der Waals surface area contributed by atoms with Crippen molar-refractivity contribution in [2.45, 2.75) is 6.04 Å². The lowest BCUT2D eigenvalue weighted by Crippen LogP contribution is -2.20. The number of nitrogens with zero attached hydrogens (tertiary/aromatic N) is 3. The van der Waals surface area contributed by atoms with Crippen molar-refractivity contribution in [3.63, 3.8) is 0 Å². The second kappa shape index (κ2) is 4.20. The highest BCUT2D eigenvalue weighted by Crippen LogP contribution is 2.10. The summed E-state index contributed by atoms with van der Waals surface area (Å²) in [6.45, 7) is 0.440. The summed E-state index contributed by atoms with van der Waals surface area (Å²) >= 11 is 0. The molecule has 0 radical (unpaired) electrons. The molecule has 1 unspecified atom stereocenters. The summed E-state index contributed by atoms with van der Waals surface area (Å²) in [7, 11) is 5.25. The number of nitrogens with two attached hydrogens (primary N) is 1. The number of anilines is 1. The second-order valence-corrected chi connectivity index (χ2v) is 2.75. The second-order valence-electron chi connectivity index (χ2n) is 2.75. The minimum atomic E-state index is -0.232. The molecule has 0 spiro atoms. The Kier molecular flexibility index (Phi) is 3.21. The zero-order valence-electron chi connectivity index (χ0n) is 8.11. The van der Waals surface area contributed by atoms with Gasteiger partial charge in [0.25, 0.3) is 0 Å². The summed E-state index contributed by atoms with van der Waals surface area (Å²) in [5, 5.41) is 10.8. The molecule has 1 aromatic heterocycles. The molecule has 13 heavy (non-hydrogen) atoms. The predicted octanol–water partition coefficient (Wildman–Crippen LogP) is -0.497. The van der Waals surface area contributed by atoms with Crippen LogP contribution in [0.25, 0.3) is 0 Å². The molecule has 0 bridgehead atoms. The lowest BCUT2D eigenvalue weighted by Gasteiger charge is -2.09. The number of rotatable bonds is 4. The Labute approximate surface area is 77.1 Å². The summed E-state index contributed by atoms with van der Waals surface area (Å²) in [6, 6.07) is -0.232. The molecule has 6 heteroatoms. The first-order chi connectivity index (χ1) is 6.20. The third-order valence-electron chi connectivity index (χ3n) is 1.81. The van der Waals surface area contributed by atoms with Crippen LogP contribution in [0.3, 0.4) is 0 Å². The van der Waals surface area contributed by atoms with Gasteiger partial charge in [0.05, 0.1) is 12.6 Å². The van der Waals surface area contributed by atoms with Gasteiger partial charge in [-0.3, -0.25) is 4.57 Å². The normalized spacial score (nSPS) is 12.9. The average molecular weight is 185 g/mol. The SMILES string of the molecule is CNc1nnc(C(N)COC)n1C. The van der Waals surface area contributed by atoms with Crippen LogP contribution in [-0.4, -0.2) is 35.5 Å². The van der Waals surface area contributed by atoms with E-state index >= 15 is 0 Å². The monoisotopic (exact) mass is 185 g/mol. The minimum Gasteiger partial charge on any atom is -0.383 e. The van der Waals surface area contributed by atoms with Gasteiger partial charge in [-0.15, -0.1) is 10.2 Å². The van der Waals surface area contributed by atoms with E-state index in [-0.39, 0.29) is 6.04 Å². The molecule has 1 atom stereocenters. The molecular weight excluding hydrogens is 170 g/mol. The zero-order chi connectivity index (χ0) is 9.84. The van der Waals surface area contributed by atoms with Crippen molar-refractivity contribution >= 4 is 5.95 Å². The van der Waals surface area contributed by atoms with Crippen molar-refractivity contribution in [3.8, 4) is 0 Å². The number of nitrogens with one attached hydrogen (secondary N) is 1. The predicted molar refractivity (Wildman–Crippen MR) is 49.4 cm³/mol. The Bertz CT molecular complexity index is 272. The van der Waals surface area contributed by atoms with Crippen molar-refractivity contribution in [1.82, 2.24) is 14.8 Å². The van der Waals surface area contributed by atoms with Crippen molar-refractivity contribution in [3.05, 3.63) is 5.82 Å². The first kappa shape index (κ1) is 9.94. The van der Waals surface area contributed by atoms with Crippen LogP contribution in [0.2, 0.25) is 0 Å². The highest BCUT2D eigenvalue weighted by Gasteiger charge is 2.14. The molecule has 1 rings (SSSR count). The zero-order valence-corrected chi connectivity index (χ0v) is 8.11. The van der Waals surface area contributed by atoms with Crippen LogP contribution in [0.4, 0.5) is 5.95 Å². The van der Waals surface area contributed by atoms with Gasteiger partial charge in [0.2, 0.25) is 5.95 Å². The molecule has 1 aromatic rings. The highest BCUT2D eigenvalue weighted by atomic mass is 16.5. The fourth-order valence-corrected chi connectivity index (χ4v) is 1.14. The molecule has 3 N–H and O–H groups in total. The average Bonchev–Trinajstić information content (AvgIpc) is 2.47. The van der Waals surface area contributed by atoms with Crippen LogP contribution in [0.5, 0.6) is 0 Å². The first-order valence-corrected chi connectivity index (χ1v) is 4.02. The van der Waals surface area contributed by atoms with E-state index in [4.69, 9.17) is 10.5 Å². The largest absolute Gasteiger partial charge is 0.383 e. The maximum Gasteiger partial charge on any atom is 0.224 e. The van der Waals surface area contributed by atoms with E-state index in [1.165, 1.54) is 0 Å². The Morgan fingerprint density at radius 1 is 1.62 bits per heavy atom. The van der Waals surface area contributed by atoms with Gasteiger partial charge in [-0.2, -0.15) is 0 Å². The molecule has 74 valence electrons. The number of ether oxygens (including phenoxy) is 1. The summed E-state index contributed by atoms with van der Waals surface area (Å²) < 4.78 is 6.74. The third-order valence-corrected chi connectivity index (χ3v) is 1.81. The van der Waals surface area contributed by atoms with Crippen LogP contribution in [0.1, 0.15) is 11.9 Å². The molecule has 0 aliphatic carbocycles. The molecule has 0 fully saturated rings. The topological polar surface area (TPSA) is 78.0 Å². The van der Waals surface area contributed by atoms with Gasteiger partial charge >= 0.3 is 0 Å². The van der Waals surface area contributed by atoms with E-state index < -0.39 is 0 Å². The Hall–Kier alpha value is -1.14. The van der Waals surface area contributed by atoms with E-state index in [1.807, 2.05) is 11.6 Å². The minimum absolute atomic E-state index is 0.232. The first-order valence-electron chi connectivity index (χ1n) is 4.02. The summed E-state index contributed by atoms with van der Waals surface area (Å²) in [5.41, 5.74) is 5.80. The number of methoxy groups -OCH3 is 1. The Morgan fingerprint density at radius 3 is 2.77 bits per heavy atom. The summed E-state index contributed by atoms with van der Waals surface area (Å²) in [6.07, 6.45) is 0. The van der Waals surface area contributed by atoms with E-state index in [1.54, 1.807) is 14.2 Å². The van der Waals surface area contributed by atoms with Crippen molar-refractivity contribution < 1.29 is 4.74 Å². The van der Waals surface area contributed by atoms with Gasteiger partial charge in [-0.05, 0) is 0 Å². The molecule has 0 saturated heterocycles. The van der Waals surface area contributed by atoms with E-state index in [0.717, 1.165) is 0 Å². The van der Waals surface area contributed by atoms with E-state index in [9.17, 15) is 0 Å². The molecule has 0 saturated carbocycles. The number of hydrogen-bond acceptors (Lipinski definition) is 5. The van der Waals surface area contributed by atoms with Gasteiger partial charge in [-0.25, -0.2) is 0 Å². The van der Waals surface area contributed by atoms with Crippen molar-refractivity contribution in [2.24, 2.45) is 12.8 Å². The standard InChI is InChI=1S/C7H15N5O/c1-9-7-11-10-6(12(7)2)5(8)4-13-3/h5H,4,8H2,1-3H3,(H,9,11). The van der Waals surface area contributed by atoms with Crippen molar-refractivity contribution in [2.75, 3.05) is 26.1 Å². The highest BCUT2D eigenvalue weighted by molar-refractivity contribution is 5.24. The smallest absolute Gasteiger partial charge is 0.224 e. The van der Waals surface area contributed by atoms with Gasteiger partial charge in [0.1, 0.15) is 0 Å². The molecule has 1 heterocycles. The molecule has 0 aromatic carbocycles. The third kappa shape index (κ3) is 1.96. The summed E-state index contributed by atoms with van der Waals surface area (Å²) in [5.74, 6) is 1.41. The maximum atomic E-state index is 5.80. The van der Waals surface area contributed by atoms with Crippen LogP contribution >= 0.6 is 0 Å². The van der Waals surface area contributed by atoms with Gasteiger partial charge in [-0.1, -0.05) is 0 Å². The Balaban J connectivity index is 2.82. The lowest BCUT2D eigenvalue weighted by atomic mass is 10.3. The Morgan fingerprint density at radius 2 is 2.31 bits per heavy atom.